The Morgan fingerprint density at radius 3 is 2.30 bits per heavy atom. The topological polar surface area (TPSA) is 121 Å². The lowest BCUT2D eigenvalue weighted by Gasteiger charge is -2.35. The highest BCUT2D eigenvalue weighted by atomic mass is 32.1. The van der Waals surface area contributed by atoms with E-state index in [2.05, 4.69) is 44.4 Å². The van der Waals surface area contributed by atoms with Crippen LogP contribution in [0.25, 0.3) is 17.0 Å². The highest BCUT2D eigenvalue weighted by Crippen LogP contribution is 2.42. The largest absolute Gasteiger partial charge is 0.481 e. The number of carboxylic acids is 1. The molecule has 1 amide bonds. The van der Waals surface area contributed by atoms with Gasteiger partial charge < -0.3 is 15.7 Å². The number of ketones is 1. The van der Waals surface area contributed by atoms with Crippen molar-refractivity contribution in [2.24, 2.45) is 29.6 Å². The predicted octanol–water partition coefficient (Wildman–Crippen LogP) is 9.04. The molecule has 2 bridgehead atoms. The van der Waals surface area contributed by atoms with Crippen LogP contribution in [0.4, 0.5) is 0 Å². The second-order valence-electron chi connectivity index (χ2n) is 17.7. The Labute approximate surface area is 325 Å². The van der Waals surface area contributed by atoms with Crippen molar-refractivity contribution < 1.29 is 19.5 Å². The van der Waals surface area contributed by atoms with Gasteiger partial charge in [-0.25, -0.2) is 9.97 Å². The Morgan fingerprint density at radius 2 is 1.67 bits per heavy atom. The van der Waals surface area contributed by atoms with Gasteiger partial charge in [0.25, 0.3) is 5.91 Å². The molecule has 2 aliphatic heterocycles. The number of fused-ring (bicyclic) bond motifs is 2. The standard InChI is InChI=1S/C45H58N4O4S/c1-5-6-27-7-11-29(12-8-27)30-15-17-31(18-16-30)34-25-46-42(47-26-34)32-13-9-28(10-14-32)21-38(49-43(51)39-19-20-40(54-39)45(2,3)4)41(50)33-22-35-24-36(44(52)53)37(23-33)48-35/h9-10,13-14,17,19-20,25-27,29-30,33,35-38,48H,5-8,11-12,15-16,18,21-24H2,1-4H3,(H,49,51)(H,52,53)/t27?,29?,30?,33?,35?,36?,37?,38-/m0/s1. The zero-order valence-electron chi connectivity index (χ0n) is 32.5. The molecule has 4 aliphatic rings. The van der Waals surface area contributed by atoms with Crippen LogP contribution in [0.15, 0.2) is 54.9 Å². The number of aliphatic carboxylic acids is 1. The van der Waals surface area contributed by atoms with Crippen LogP contribution >= 0.6 is 11.3 Å². The van der Waals surface area contributed by atoms with Crippen LogP contribution in [0.1, 0.15) is 130 Å². The number of piperidine rings is 1. The number of hydrogen-bond acceptors (Lipinski definition) is 7. The summed E-state index contributed by atoms with van der Waals surface area (Å²) in [4.78, 5) is 50.9. The van der Waals surface area contributed by atoms with E-state index in [1.54, 1.807) is 0 Å². The summed E-state index contributed by atoms with van der Waals surface area (Å²) in [6.45, 7) is 8.67. The maximum absolute atomic E-state index is 14.2. The third-order valence-electron chi connectivity index (χ3n) is 12.9. The maximum atomic E-state index is 14.2. The summed E-state index contributed by atoms with van der Waals surface area (Å²) >= 11 is 1.46. The Bertz CT molecular complexity index is 1820. The van der Waals surface area contributed by atoms with Gasteiger partial charge in [0.05, 0.1) is 16.8 Å². The molecule has 3 N–H and O–H groups in total. The first-order valence-corrected chi connectivity index (χ1v) is 21.3. The first-order valence-electron chi connectivity index (χ1n) is 20.5. The van der Waals surface area contributed by atoms with Crippen molar-refractivity contribution in [3.8, 4) is 11.4 Å². The minimum absolute atomic E-state index is 0.00102. The van der Waals surface area contributed by atoms with Crippen molar-refractivity contribution in [1.29, 1.82) is 0 Å². The smallest absolute Gasteiger partial charge is 0.308 e. The van der Waals surface area contributed by atoms with Crippen LogP contribution in [-0.2, 0) is 21.4 Å². The molecule has 288 valence electrons. The molecule has 7 rings (SSSR count). The van der Waals surface area contributed by atoms with Gasteiger partial charge in [-0.1, -0.05) is 83.7 Å². The summed E-state index contributed by atoms with van der Waals surface area (Å²) in [7, 11) is 0. The summed E-state index contributed by atoms with van der Waals surface area (Å²) in [5.41, 5.74) is 4.22. The molecule has 54 heavy (non-hydrogen) atoms. The van der Waals surface area contributed by atoms with E-state index in [0.717, 1.165) is 45.7 Å². The number of carbonyl (C=O) groups excluding carboxylic acids is 2. The third kappa shape index (κ3) is 8.89. The molecule has 5 unspecified atom stereocenters. The van der Waals surface area contributed by atoms with Gasteiger partial charge in [0.15, 0.2) is 11.6 Å². The highest BCUT2D eigenvalue weighted by molar-refractivity contribution is 7.14. The molecule has 2 saturated heterocycles. The molecular formula is C45H58N4O4S. The van der Waals surface area contributed by atoms with E-state index in [4.69, 9.17) is 9.97 Å². The van der Waals surface area contributed by atoms with Crippen molar-refractivity contribution in [1.82, 2.24) is 20.6 Å². The lowest BCUT2D eigenvalue weighted by atomic mass is 9.70. The summed E-state index contributed by atoms with van der Waals surface area (Å²) < 4.78 is 0. The molecule has 3 fully saturated rings. The summed E-state index contributed by atoms with van der Waals surface area (Å²) in [6.07, 6.45) is 20.2. The van der Waals surface area contributed by atoms with Crippen molar-refractivity contribution in [2.45, 2.75) is 135 Å². The fourth-order valence-corrected chi connectivity index (χ4v) is 10.7. The second kappa shape index (κ2) is 16.6. The number of nitrogens with zero attached hydrogens (tertiary/aromatic N) is 2. The van der Waals surface area contributed by atoms with Crippen LogP contribution in [0, 0.1) is 29.6 Å². The van der Waals surface area contributed by atoms with E-state index >= 15 is 0 Å². The Morgan fingerprint density at radius 1 is 0.926 bits per heavy atom. The fraction of sp³-hybridized carbons (Fsp3) is 0.578. The van der Waals surface area contributed by atoms with Gasteiger partial charge in [-0.3, -0.25) is 14.4 Å². The average Bonchev–Trinajstić information content (AvgIpc) is 3.80. The number of amides is 1. The number of rotatable bonds is 12. The molecule has 2 aromatic heterocycles. The minimum atomic E-state index is -0.812. The van der Waals surface area contributed by atoms with E-state index in [1.807, 2.05) is 48.8 Å². The average molecular weight is 751 g/mol. The van der Waals surface area contributed by atoms with Crippen molar-refractivity contribution >= 4 is 34.6 Å². The number of benzene rings is 1. The SMILES string of the molecule is CCCC1CCC(C2CC=C(c3cnc(-c4ccc(C[C@H](NC(=O)c5ccc(C(C)(C)C)s5)C(=O)C5CC6CC(C(=O)O)C(C5)N6)cc4)nc3)CC2)CC1. The van der Waals surface area contributed by atoms with Crippen LogP contribution in [0.5, 0.6) is 0 Å². The van der Waals surface area contributed by atoms with E-state index < -0.39 is 17.9 Å². The third-order valence-corrected chi connectivity index (χ3v) is 14.4. The number of thiophene rings is 1. The van der Waals surface area contributed by atoms with E-state index in [-0.39, 0.29) is 35.1 Å². The quantitative estimate of drug-likeness (QED) is 0.169. The molecule has 9 heteroatoms. The Hall–Kier alpha value is -3.69. The molecule has 0 spiro atoms. The molecule has 1 saturated carbocycles. The molecule has 4 heterocycles. The maximum Gasteiger partial charge on any atom is 0.308 e. The monoisotopic (exact) mass is 750 g/mol. The number of carbonyl (C=O) groups is 3. The van der Waals surface area contributed by atoms with Crippen LogP contribution in [0.2, 0.25) is 0 Å². The summed E-state index contributed by atoms with van der Waals surface area (Å²) in [6, 6.07) is 10.8. The van der Waals surface area contributed by atoms with Crippen molar-refractivity contribution in [3.63, 3.8) is 0 Å². The molecule has 6 atom stereocenters. The molecule has 0 radical (unpaired) electrons. The first kappa shape index (κ1) is 38.6. The first-order chi connectivity index (χ1) is 25.9. The molecule has 8 nitrogen and oxygen atoms in total. The van der Waals surface area contributed by atoms with Gasteiger partial charge in [-0.15, -0.1) is 11.3 Å². The minimum Gasteiger partial charge on any atom is -0.481 e. The van der Waals surface area contributed by atoms with Gasteiger partial charge >= 0.3 is 5.97 Å². The highest BCUT2D eigenvalue weighted by Gasteiger charge is 2.46. The molecule has 3 aromatic rings. The summed E-state index contributed by atoms with van der Waals surface area (Å²) in [5.74, 6) is 1.43. The predicted molar refractivity (Wildman–Crippen MR) is 215 cm³/mol. The zero-order valence-corrected chi connectivity index (χ0v) is 33.3. The number of Topliss-reactive ketones (excluding diaryl/α,β-unsaturated/α-hetero) is 1. The lowest BCUT2D eigenvalue weighted by Crippen LogP contribution is -2.49. The van der Waals surface area contributed by atoms with Gasteiger partial charge in [0.1, 0.15) is 0 Å². The molecule has 2 aliphatic carbocycles. The van der Waals surface area contributed by atoms with Gasteiger partial charge in [-0.2, -0.15) is 0 Å². The molecular weight excluding hydrogens is 693 g/mol. The molecule has 1 aromatic carbocycles. The van der Waals surface area contributed by atoms with E-state index in [1.165, 1.54) is 68.3 Å². The number of allylic oxidation sites excluding steroid dienone is 2. The van der Waals surface area contributed by atoms with Crippen LogP contribution in [-0.4, -0.2) is 50.9 Å². The Balaban J connectivity index is 1.01. The van der Waals surface area contributed by atoms with Crippen molar-refractivity contribution in [3.05, 3.63) is 75.7 Å². The number of nitrogens with one attached hydrogen (secondary N) is 2. The number of hydrogen-bond donors (Lipinski definition) is 3. The fourth-order valence-electron chi connectivity index (χ4n) is 9.78. The zero-order chi connectivity index (χ0) is 38.0. The number of aromatic nitrogens is 2. The second-order valence-corrected chi connectivity index (χ2v) is 18.8. The summed E-state index contributed by atoms with van der Waals surface area (Å²) in [5, 5.41) is 16.2. The van der Waals surface area contributed by atoms with Gasteiger partial charge in [0, 0.05) is 46.4 Å². The van der Waals surface area contributed by atoms with Crippen LogP contribution in [0.3, 0.4) is 0 Å². The van der Waals surface area contributed by atoms with Crippen LogP contribution < -0.4 is 10.6 Å². The van der Waals surface area contributed by atoms with Crippen molar-refractivity contribution in [2.75, 3.05) is 0 Å². The van der Waals surface area contributed by atoms with Gasteiger partial charge in [0.2, 0.25) is 0 Å². The normalized spacial score (nSPS) is 27.6. The number of carboxylic acid groups (broad SMARTS) is 1. The van der Waals surface area contributed by atoms with E-state index in [9.17, 15) is 19.5 Å². The van der Waals surface area contributed by atoms with Gasteiger partial charge in [-0.05, 0) is 104 Å². The Kier molecular flexibility index (Phi) is 11.8. The van der Waals surface area contributed by atoms with E-state index in [0.29, 0.717) is 36.4 Å². The lowest BCUT2D eigenvalue weighted by molar-refractivity contribution is -0.142.